The summed E-state index contributed by atoms with van der Waals surface area (Å²) in [6.07, 6.45) is 1.88. The molecule has 0 amide bonds. The molecule has 2 atom stereocenters. The number of hydrogen-bond donors (Lipinski definition) is 1. The summed E-state index contributed by atoms with van der Waals surface area (Å²) in [5.74, 6) is 1.30. The fraction of sp³-hybridized carbons (Fsp3) is 1.00. The first-order chi connectivity index (χ1) is 8.84. The van der Waals surface area contributed by atoms with Gasteiger partial charge in [-0.1, -0.05) is 20.8 Å². The third kappa shape index (κ3) is 6.23. The van der Waals surface area contributed by atoms with Gasteiger partial charge in [-0.05, 0) is 25.7 Å². The van der Waals surface area contributed by atoms with Crippen molar-refractivity contribution in [2.75, 3.05) is 31.1 Å². The summed E-state index contributed by atoms with van der Waals surface area (Å²) in [4.78, 5) is 2.33. The highest BCUT2D eigenvalue weighted by Crippen LogP contribution is 2.13. The van der Waals surface area contributed by atoms with Crippen LogP contribution < -0.4 is 5.32 Å². The van der Waals surface area contributed by atoms with Gasteiger partial charge in [0.25, 0.3) is 0 Å². The number of nitrogens with zero attached hydrogens (tertiary/aromatic N) is 1. The Morgan fingerprint density at radius 2 is 2.00 bits per heavy atom. The number of nitrogens with one attached hydrogen (secondary N) is 1. The average Bonchev–Trinajstić information content (AvgIpc) is 2.29. The Morgan fingerprint density at radius 3 is 2.58 bits per heavy atom. The summed E-state index contributed by atoms with van der Waals surface area (Å²) >= 11 is 0. The minimum absolute atomic E-state index is 0.305. The standard InChI is InChI=1S/C14H30N2O2S/c1-5-7-19(17,18)8-6-16-11-14(9-12(2)3)15-10-13(16)4/h12-15H,5-11H2,1-4H3. The zero-order chi connectivity index (χ0) is 14.5. The Balaban J connectivity index is 2.46. The van der Waals surface area contributed by atoms with Crippen LogP contribution in [-0.4, -0.2) is 56.5 Å². The largest absolute Gasteiger partial charge is 0.311 e. The van der Waals surface area contributed by atoms with Crippen molar-refractivity contribution >= 4 is 9.84 Å². The van der Waals surface area contributed by atoms with Crippen molar-refractivity contribution < 1.29 is 8.42 Å². The summed E-state index contributed by atoms with van der Waals surface area (Å²) in [7, 11) is -2.86. The highest BCUT2D eigenvalue weighted by atomic mass is 32.2. The molecule has 0 aromatic heterocycles. The normalized spacial score (nSPS) is 25.9. The molecule has 0 aromatic rings. The molecule has 114 valence electrons. The monoisotopic (exact) mass is 290 g/mol. The maximum absolute atomic E-state index is 11.8. The van der Waals surface area contributed by atoms with E-state index in [1.54, 1.807) is 0 Å². The van der Waals surface area contributed by atoms with Gasteiger partial charge in [0, 0.05) is 37.5 Å². The van der Waals surface area contributed by atoms with Gasteiger partial charge in [0.15, 0.2) is 9.84 Å². The molecule has 1 aliphatic rings. The van der Waals surface area contributed by atoms with E-state index in [0.29, 0.717) is 36.1 Å². The van der Waals surface area contributed by atoms with E-state index >= 15 is 0 Å². The minimum atomic E-state index is -2.86. The lowest BCUT2D eigenvalue weighted by atomic mass is 10.0. The van der Waals surface area contributed by atoms with Crippen molar-refractivity contribution in [1.29, 1.82) is 0 Å². The molecule has 1 fully saturated rings. The smallest absolute Gasteiger partial charge is 0.151 e. The lowest BCUT2D eigenvalue weighted by Gasteiger charge is -2.39. The van der Waals surface area contributed by atoms with Crippen LogP contribution in [0.2, 0.25) is 0 Å². The SMILES string of the molecule is CCCS(=O)(=O)CCN1CC(CC(C)C)NCC1C. The second kappa shape index (κ2) is 7.60. The van der Waals surface area contributed by atoms with E-state index in [1.807, 2.05) is 6.92 Å². The van der Waals surface area contributed by atoms with Crippen LogP contribution in [0.1, 0.15) is 40.5 Å². The van der Waals surface area contributed by atoms with Crippen LogP contribution in [0.4, 0.5) is 0 Å². The zero-order valence-electron chi connectivity index (χ0n) is 12.9. The molecule has 1 N–H and O–H groups in total. The summed E-state index contributed by atoms with van der Waals surface area (Å²) in [6, 6.07) is 0.935. The summed E-state index contributed by atoms with van der Waals surface area (Å²) in [5.41, 5.74) is 0. The summed E-state index contributed by atoms with van der Waals surface area (Å²) < 4.78 is 23.6. The van der Waals surface area contributed by atoms with Crippen molar-refractivity contribution in [3.05, 3.63) is 0 Å². The molecule has 1 rings (SSSR count). The van der Waals surface area contributed by atoms with Gasteiger partial charge in [-0.25, -0.2) is 8.42 Å². The molecule has 0 aliphatic carbocycles. The van der Waals surface area contributed by atoms with E-state index in [0.717, 1.165) is 25.9 Å². The molecular weight excluding hydrogens is 260 g/mol. The predicted molar refractivity (Wildman–Crippen MR) is 81.2 cm³/mol. The third-order valence-electron chi connectivity index (χ3n) is 3.74. The van der Waals surface area contributed by atoms with Gasteiger partial charge in [0.05, 0.1) is 5.75 Å². The lowest BCUT2D eigenvalue weighted by Crippen LogP contribution is -2.56. The van der Waals surface area contributed by atoms with Gasteiger partial charge < -0.3 is 5.32 Å². The Kier molecular flexibility index (Phi) is 6.77. The van der Waals surface area contributed by atoms with Crippen molar-refractivity contribution in [1.82, 2.24) is 10.2 Å². The van der Waals surface area contributed by atoms with Gasteiger partial charge in [-0.3, -0.25) is 4.90 Å². The molecule has 5 heteroatoms. The van der Waals surface area contributed by atoms with E-state index in [-0.39, 0.29) is 0 Å². The fourth-order valence-electron chi connectivity index (χ4n) is 2.70. The molecule has 0 radical (unpaired) electrons. The highest BCUT2D eigenvalue weighted by molar-refractivity contribution is 7.91. The first-order valence-corrected chi connectivity index (χ1v) is 9.34. The Bertz CT molecular complexity index is 354. The first-order valence-electron chi connectivity index (χ1n) is 7.52. The average molecular weight is 290 g/mol. The van der Waals surface area contributed by atoms with E-state index in [4.69, 9.17) is 0 Å². The van der Waals surface area contributed by atoms with Crippen LogP contribution in [0.5, 0.6) is 0 Å². The van der Waals surface area contributed by atoms with Crippen LogP contribution in [-0.2, 0) is 9.84 Å². The molecule has 1 heterocycles. The van der Waals surface area contributed by atoms with Crippen LogP contribution in [0.25, 0.3) is 0 Å². The van der Waals surface area contributed by atoms with Gasteiger partial charge in [0.1, 0.15) is 0 Å². The maximum atomic E-state index is 11.8. The lowest BCUT2D eigenvalue weighted by molar-refractivity contribution is 0.139. The molecule has 2 unspecified atom stereocenters. The fourth-order valence-corrected chi connectivity index (χ4v) is 4.04. The van der Waals surface area contributed by atoms with E-state index in [9.17, 15) is 8.42 Å². The number of piperazine rings is 1. The van der Waals surface area contributed by atoms with Gasteiger partial charge >= 0.3 is 0 Å². The number of hydrogen-bond acceptors (Lipinski definition) is 4. The second-order valence-electron chi connectivity index (χ2n) is 6.23. The molecule has 0 aromatic carbocycles. The van der Waals surface area contributed by atoms with E-state index in [2.05, 4.69) is 31.0 Å². The van der Waals surface area contributed by atoms with Crippen LogP contribution in [0.3, 0.4) is 0 Å². The topological polar surface area (TPSA) is 49.4 Å². The molecule has 0 spiro atoms. The summed E-state index contributed by atoms with van der Waals surface area (Å²) in [6.45, 7) is 11.2. The summed E-state index contributed by atoms with van der Waals surface area (Å²) in [5, 5.41) is 3.56. The van der Waals surface area contributed by atoms with Crippen LogP contribution >= 0.6 is 0 Å². The Hall–Kier alpha value is -0.130. The van der Waals surface area contributed by atoms with Crippen molar-refractivity contribution in [3.63, 3.8) is 0 Å². The maximum Gasteiger partial charge on any atom is 0.151 e. The van der Waals surface area contributed by atoms with Crippen LogP contribution in [0, 0.1) is 5.92 Å². The molecule has 4 nitrogen and oxygen atoms in total. The third-order valence-corrected chi connectivity index (χ3v) is 5.58. The quantitative estimate of drug-likeness (QED) is 0.772. The van der Waals surface area contributed by atoms with Gasteiger partial charge in [-0.15, -0.1) is 0 Å². The highest BCUT2D eigenvalue weighted by Gasteiger charge is 2.26. The molecule has 1 saturated heterocycles. The van der Waals surface area contributed by atoms with Gasteiger partial charge in [-0.2, -0.15) is 0 Å². The molecule has 0 saturated carbocycles. The van der Waals surface area contributed by atoms with Gasteiger partial charge in [0.2, 0.25) is 0 Å². The zero-order valence-corrected chi connectivity index (χ0v) is 13.7. The molecule has 19 heavy (non-hydrogen) atoms. The second-order valence-corrected chi connectivity index (χ2v) is 8.53. The molecule has 1 aliphatic heterocycles. The first kappa shape index (κ1) is 16.9. The van der Waals surface area contributed by atoms with E-state index < -0.39 is 9.84 Å². The Labute approximate surface area is 118 Å². The van der Waals surface area contributed by atoms with Crippen molar-refractivity contribution in [2.24, 2.45) is 5.92 Å². The van der Waals surface area contributed by atoms with Crippen molar-refractivity contribution in [3.8, 4) is 0 Å². The Morgan fingerprint density at radius 1 is 1.32 bits per heavy atom. The number of sulfone groups is 1. The molecule has 0 bridgehead atoms. The minimum Gasteiger partial charge on any atom is -0.311 e. The van der Waals surface area contributed by atoms with E-state index in [1.165, 1.54) is 0 Å². The van der Waals surface area contributed by atoms with Crippen molar-refractivity contribution in [2.45, 2.75) is 52.6 Å². The number of rotatable bonds is 7. The molecular formula is C14H30N2O2S. The van der Waals surface area contributed by atoms with Crippen LogP contribution in [0.15, 0.2) is 0 Å². The predicted octanol–water partition coefficient (Wildman–Crippen LogP) is 1.52.